The molecular weight excluding hydrogens is 300 g/mol. The van der Waals surface area contributed by atoms with E-state index in [-0.39, 0.29) is 11.6 Å². The van der Waals surface area contributed by atoms with Gasteiger partial charge in [-0.3, -0.25) is 0 Å². The summed E-state index contributed by atoms with van der Waals surface area (Å²) in [5.41, 5.74) is 2.48. The second kappa shape index (κ2) is 5.48. The van der Waals surface area contributed by atoms with E-state index in [1.807, 2.05) is 13.0 Å². The molecule has 0 aliphatic rings. The molecule has 0 fully saturated rings. The fraction of sp³-hybridized carbons (Fsp3) is 0.143. The Morgan fingerprint density at radius 1 is 1.06 bits per heavy atom. The van der Waals surface area contributed by atoms with Crippen molar-refractivity contribution in [2.24, 2.45) is 0 Å². The van der Waals surface area contributed by atoms with Crippen LogP contribution in [0.5, 0.6) is 0 Å². The highest BCUT2D eigenvalue weighted by Gasteiger charge is 2.02. The number of anilines is 1. The van der Waals surface area contributed by atoms with Crippen molar-refractivity contribution < 1.29 is 8.78 Å². The van der Waals surface area contributed by atoms with E-state index in [1.165, 1.54) is 24.3 Å². The van der Waals surface area contributed by atoms with E-state index < -0.39 is 0 Å². The summed E-state index contributed by atoms with van der Waals surface area (Å²) in [7, 11) is 0. The first-order valence-electron chi connectivity index (χ1n) is 5.49. The lowest BCUT2D eigenvalue weighted by atomic mass is 10.2. The van der Waals surface area contributed by atoms with Gasteiger partial charge in [-0.1, -0.05) is 22.0 Å². The van der Waals surface area contributed by atoms with E-state index in [4.69, 9.17) is 0 Å². The molecule has 0 aliphatic carbocycles. The number of hydrogen-bond donors (Lipinski definition) is 1. The largest absolute Gasteiger partial charge is 0.381 e. The molecule has 0 heterocycles. The minimum atomic E-state index is -0.285. The molecule has 2 rings (SSSR count). The lowest BCUT2D eigenvalue weighted by molar-refractivity contribution is 0.626. The standard InChI is InChI=1S/C14H12BrF2N/c1-9-4-12(17)6-13(5-9)18-8-10-2-3-11(16)7-14(10)15/h2-7,18H,8H2,1H3. The molecule has 0 aromatic heterocycles. The predicted molar refractivity (Wildman–Crippen MR) is 72.6 cm³/mol. The van der Waals surface area contributed by atoms with Crippen molar-refractivity contribution in [1.29, 1.82) is 0 Å². The number of nitrogens with one attached hydrogen (secondary N) is 1. The molecule has 1 N–H and O–H groups in total. The fourth-order valence-electron chi connectivity index (χ4n) is 1.70. The molecular formula is C14H12BrF2N. The van der Waals surface area contributed by atoms with Gasteiger partial charge in [0.1, 0.15) is 11.6 Å². The van der Waals surface area contributed by atoms with Crippen molar-refractivity contribution in [3.63, 3.8) is 0 Å². The zero-order chi connectivity index (χ0) is 13.1. The van der Waals surface area contributed by atoms with Gasteiger partial charge in [0.25, 0.3) is 0 Å². The minimum absolute atomic E-state index is 0.268. The third-order valence-corrected chi connectivity index (χ3v) is 3.28. The number of hydrogen-bond acceptors (Lipinski definition) is 1. The summed E-state index contributed by atoms with van der Waals surface area (Å²) in [5.74, 6) is -0.553. The molecule has 1 nitrogen and oxygen atoms in total. The van der Waals surface area contributed by atoms with Gasteiger partial charge in [-0.05, 0) is 48.4 Å². The molecule has 4 heteroatoms. The summed E-state index contributed by atoms with van der Waals surface area (Å²) in [6.45, 7) is 2.34. The summed E-state index contributed by atoms with van der Waals surface area (Å²) in [6.07, 6.45) is 0. The maximum atomic E-state index is 13.2. The molecule has 0 spiro atoms. The topological polar surface area (TPSA) is 12.0 Å². The summed E-state index contributed by atoms with van der Waals surface area (Å²) < 4.78 is 26.8. The van der Waals surface area contributed by atoms with Gasteiger partial charge in [0.05, 0.1) is 0 Å². The van der Waals surface area contributed by atoms with E-state index in [0.29, 0.717) is 16.7 Å². The average Bonchev–Trinajstić information content (AvgIpc) is 2.26. The summed E-state index contributed by atoms with van der Waals surface area (Å²) in [6, 6.07) is 9.27. The van der Waals surface area contributed by atoms with Crippen molar-refractivity contribution in [2.75, 3.05) is 5.32 Å². The van der Waals surface area contributed by atoms with Crippen LogP contribution in [0, 0.1) is 18.6 Å². The monoisotopic (exact) mass is 311 g/mol. The second-order valence-electron chi connectivity index (χ2n) is 4.11. The molecule has 18 heavy (non-hydrogen) atoms. The van der Waals surface area contributed by atoms with Crippen molar-refractivity contribution in [2.45, 2.75) is 13.5 Å². The molecule has 2 aromatic carbocycles. The van der Waals surface area contributed by atoms with Crippen LogP contribution in [0.4, 0.5) is 14.5 Å². The zero-order valence-corrected chi connectivity index (χ0v) is 11.4. The molecule has 0 radical (unpaired) electrons. The average molecular weight is 312 g/mol. The van der Waals surface area contributed by atoms with Crippen LogP contribution in [-0.2, 0) is 6.54 Å². The Hall–Kier alpha value is -1.42. The Bertz CT molecular complexity index is 549. The van der Waals surface area contributed by atoms with Crippen LogP contribution in [-0.4, -0.2) is 0 Å². The van der Waals surface area contributed by atoms with Gasteiger partial charge >= 0.3 is 0 Å². The Kier molecular flexibility index (Phi) is 3.97. The van der Waals surface area contributed by atoms with E-state index in [0.717, 1.165) is 11.1 Å². The molecule has 94 valence electrons. The molecule has 0 unspecified atom stereocenters. The van der Waals surface area contributed by atoms with Crippen LogP contribution < -0.4 is 5.32 Å². The highest BCUT2D eigenvalue weighted by Crippen LogP contribution is 2.20. The van der Waals surface area contributed by atoms with Crippen LogP contribution in [0.1, 0.15) is 11.1 Å². The maximum absolute atomic E-state index is 13.2. The van der Waals surface area contributed by atoms with Crippen molar-refractivity contribution >= 4 is 21.6 Å². The molecule has 0 amide bonds. The first-order valence-corrected chi connectivity index (χ1v) is 6.29. The smallest absolute Gasteiger partial charge is 0.125 e. The summed E-state index contributed by atoms with van der Waals surface area (Å²) >= 11 is 3.30. The molecule has 0 aliphatic heterocycles. The van der Waals surface area contributed by atoms with Crippen LogP contribution in [0.3, 0.4) is 0 Å². The number of halogens is 3. The lowest BCUT2D eigenvalue weighted by Gasteiger charge is -2.09. The zero-order valence-electron chi connectivity index (χ0n) is 9.81. The van der Waals surface area contributed by atoms with Crippen molar-refractivity contribution in [1.82, 2.24) is 0 Å². The molecule has 0 bridgehead atoms. The van der Waals surface area contributed by atoms with E-state index in [2.05, 4.69) is 21.2 Å². The van der Waals surface area contributed by atoms with E-state index in [9.17, 15) is 8.78 Å². The first kappa shape index (κ1) is 13.0. The third kappa shape index (κ3) is 3.29. The van der Waals surface area contributed by atoms with Gasteiger partial charge in [0.2, 0.25) is 0 Å². The van der Waals surface area contributed by atoms with E-state index in [1.54, 1.807) is 6.07 Å². The quantitative estimate of drug-likeness (QED) is 0.870. The minimum Gasteiger partial charge on any atom is -0.381 e. The van der Waals surface area contributed by atoms with Gasteiger partial charge in [0, 0.05) is 16.7 Å². The molecule has 0 saturated heterocycles. The van der Waals surface area contributed by atoms with Gasteiger partial charge in [-0.2, -0.15) is 0 Å². The maximum Gasteiger partial charge on any atom is 0.125 e. The Morgan fingerprint density at radius 2 is 1.83 bits per heavy atom. The predicted octanol–water partition coefficient (Wildman–Crippen LogP) is 4.65. The number of aryl methyl sites for hydroxylation is 1. The highest BCUT2D eigenvalue weighted by atomic mass is 79.9. The van der Waals surface area contributed by atoms with E-state index >= 15 is 0 Å². The lowest BCUT2D eigenvalue weighted by Crippen LogP contribution is -2.01. The number of rotatable bonds is 3. The Labute approximate surface area is 113 Å². The fourth-order valence-corrected chi connectivity index (χ4v) is 2.19. The summed E-state index contributed by atoms with van der Waals surface area (Å²) in [4.78, 5) is 0. The van der Waals surface area contributed by atoms with Crippen LogP contribution in [0.25, 0.3) is 0 Å². The van der Waals surface area contributed by atoms with Crippen LogP contribution in [0.2, 0.25) is 0 Å². The van der Waals surface area contributed by atoms with Gasteiger partial charge in [-0.15, -0.1) is 0 Å². The SMILES string of the molecule is Cc1cc(F)cc(NCc2ccc(F)cc2Br)c1. The molecule has 0 atom stereocenters. The molecule has 2 aromatic rings. The number of benzene rings is 2. The Balaban J connectivity index is 2.11. The Morgan fingerprint density at radius 3 is 2.50 bits per heavy atom. The second-order valence-corrected chi connectivity index (χ2v) is 4.96. The van der Waals surface area contributed by atoms with Gasteiger partial charge in [-0.25, -0.2) is 8.78 Å². The van der Waals surface area contributed by atoms with Crippen molar-refractivity contribution in [3.05, 3.63) is 63.6 Å². The van der Waals surface area contributed by atoms with Gasteiger partial charge in [0.15, 0.2) is 0 Å². The molecule has 0 saturated carbocycles. The normalized spacial score (nSPS) is 10.4. The highest BCUT2D eigenvalue weighted by molar-refractivity contribution is 9.10. The van der Waals surface area contributed by atoms with Crippen LogP contribution >= 0.6 is 15.9 Å². The van der Waals surface area contributed by atoms with Crippen LogP contribution in [0.15, 0.2) is 40.9 Å². The summed E-state index contributed by atoms with van der Waals surface area (Å²) in [5, 5.41) is 3.11. The van der Waals surface area contributed by atoms with Crippen molar-refractivity contribution in [3.8, 4) is 0 Å². The first-order chi connectivity index (χ1) is 8.54. The van der Waals surface area contributed by atoms with Gasteiger partial charge < -0.3 is 5.32 Å². The third-order valence-electron chi connectivity index (χ3n) is 2.54.